The monoisotopic (exact) mass is 162 g/mol. The number of aldehydes is 1. The second kappa shape index (κ2) is 2.34. The Hall–Kier alpha value is -0.380. The summed E-state index contributed by atoms with van der Waals surface area (Å²) in [5, 5.41) is -0.248. The summed E-state index contributed by atoms with van der Waals surface area (Å²) in [4.78, 5) is 10.1. The molecule has 0 aromatic rings. The molecule has 0 spiro atoms. The van der Waals surface area contributed by atoms with Gasteiger partial charge in [-0.1, -0.05) is 0 Å². The van der Waals surface area contributed by atoms with Gasteiger partial charge in [0, 0.05) is 12.2 Å². The molecular formula is C6H10O3S. The normalized spacial score (nSPS) is 32.9. The Balaban J connectivity index is 2.48. The lowest BCUT2D eigenvalue weighted by molar-refractivity contribution is -0.112. The van der Waals surface area contributed by atoms with E-state index in [0.717, 1.165) is 6.29 Å². The van der Waals surface area contributed by atoms with E-state index in [-0.39, 0.29) is 11.2 Å². The smallest absolute Gasteiger partial charge is 0.150 e. The molecule has 1 aliphatic rings. The molecule has 0 unspecified atom stereocenters. The van der Waals surface area contributed by atoms with E-state index in [1.807, 2.05) is 0 Å². The zero-order valence-corrected chi connectivity index (χ0v) is 6.60. The Bertz CT molecular complexity index is 223. The predicted octanol–water partition coefficient (Wildman–Crippen LogP) is 0.00850. The highest BCUT2D eigenvalue weighted by atomic mass is 32.2. The van der Waals surface area contributed by atoms with E-state index < -0.39 is 9.84 Å². The molecule has 0 atom stereocenters. The number of rotatable bonds is 2. The largest absolute Gasteiger partial charge is 0.303 e. The van der Waals surface area contributed by atoms with Gasteiger partial charge in [-0.3, -0.25) is 0 Å². The fraction of sp³-hybridized carbons (Fsp3) is 0.833. The summed E-state index contributed by atoms with van der Waals surface area (Å²) in [6, 6.07) is 0. The van der Waals surface area contributed by atoms with E-state index >= 15 is 0 Å². The van der Waals surface area contributed by atoms with Gasteiger partial charge in [0.15, 0.2) is 0 Å². The average molecular weight is 162 g/mol. The molecule has 10 heavy (non-hydrogen) atoms. The molecule has 1 aliphatic carbocycles. The van der Waals surface area contributed by atoms with E-state index in [1.54, 1.807) is 0 Å². The Kier molecular flexibility index (Phi) is 1.81. The lowest BCUT2D eigenvalue weighted by Crippen LogP contribution is -2.35. The van der Waals surface area contributed by atoms with Crippen LogP contribution in [0.2, 0.25) is 0 Å². The molecule has 0 aromatic heterocycles. The Labute approximate surface area is 60.3 Å². The predicted molar refractivity (Wildman–Crippen MR) is 37.4 cm³/mol. The summed E-state index contributed by atoms with van der Waals surface area (Å²) in [5.41, 5.74) is 0. The van der Waals surface area contributed by atoms with Crippen LogP contribution in [-0.4, -0.2) is 26.2 Å². The SMILES string of the molecule is CS(=O)(=O)C1CC(C=O)C1. The fourth-order valence-electron chi connectivity index (χ4n) is 1.07. The summed E-state index contributed by atoms with van der Waals surface area (Å²) in [6.45, 7) is 0. The van der Waals surface area contributed by atoms with E-state index in [0.29, 0.717) is 12.8 Å². The van der Waals surface area contributed by atoms with Crippen LogP contribution in [0, 0.1) is 5.92 Å². The fourth-order valence-corrected chi connectivity index (χ4v) is 2.26. The molecular weight excluding hydrogens is 152 g/mol. The van der Waals surface area contributed by atoms with Gasteiger partial charge in [-0.15, -0.1) is 0 Å². The molecule has 0 saturated heterocycles. The summed E-state index contributed by atoms with van der Waals surface area (Å²) < 4.78 is 21.5. The van der Waals surface area contributed by atoms with E-state index in [4.69, 9.17) is 0 Å². The molecule has 1 saturated carbocycles. The molecule has 1 fully saturated rings. The van der Waals surface area contributed by atoms with Crippen LogP contribution in [-0.2, 0) is 14.6 Å². The van der Waals surface area contributed by atoms with Crippen molar-refractivity contribution in [3.05, 3.63) is 0 Å². The first-order valence-corrected chi connectivity index (χ1v) is 5.13. The Morgan fingerprint density at radius 3 is 2.20 bits per heavy atom. The Morgan fingerprint density at radius 2 is 1.90 bits per heavy atom. The Morgan fingerprint density at radius 1 is 1.40 bits per heavy atom. The van der Waals surface area contributed by atoms with Crippen molar-refractivity contribution in [2.45, 2.75) is 18.1 Å². The zero-order chi connectivity index (χ0) is 7.78. The average Bonchev–Trinajstić information content (AvgIpc) is 1.57. The van der Waals surface area contributed by atoms with Gasteiger partial charge in [-0.25, -0.2) is 8.42 Å². The van der Waals surface area contributed by atoms with Crippen molar-refractivity contribution < 1.29 is 13.2 Å². The third-order valence-electron chi connectivity index (χ3n) is 1.93. The van der Waals surface area contributed by atoms with E-state index in [1.165, 1.54) is 6.26 Å². The number of sulfone groups is 1. The zero-order valence-electron chi connectivity index (χ0n) is 5.78. The first kappa shape index (κ1) is 7.72. The summed E-state index contributed by atoms with van der Waals surface area (Å²) in [5.74, 6) is -0.000255. The molecule has 0 aromatic carbocycles. The van der Waals surface area contributed by atoms with E-state index in [9.17, 15) is 13.2 Å². The van der Waals surface area contributed by atoms with Crippen LogP contribution in [0.4, 0.5) is 0 Å². The third kappa shape index (κ3) is 1.37. The molecule has 1 rings (SSSR count). The molecule has 0 heterocycles. The van der Waals surface area contributed by atoms with Crippen molar-refractivity contribution in [3.63, 3.8) is 0 Å². The summed E-state index contributed by atoms with van der Waals surface area (Å²) in [7, 11) is -2.87. The number of carbonyl (C=O) groups is 1. The van der Waals surface area contributed by atoms with Crippen LogP contribution in [0.25, 0.3) is 0 Å². The first-order chi connectivity index (χ1) is 4.54. The highest BCUT2D eigenvalue weighted by Crippen LogP contribution is 2.30. The number of hydrogen-bond donors (Lipinski definition) is 0. The van der Waals surface area contributed by atoms with Crippen molar-refractivity contribution in [2.24, 2.45) is 5.92 Å². The lowest BCUT2D eigenvalue weighted by atomic mass is 9.86. The molecule has 0 radical (unpaired) electrons. The molecule has 0 N–H and O–H groups in total. The first-order valence-electron chi connectivity index (χ1n) is 3.18. The van der Waals surface area contributed by atoms with Crippen molar-refractivity contribution >= 4 is 16.1 Å². The molecule has 0 aliphatic heterocycles. The maximum atomic E-state index is 10.8. The van der Waals surface area contributed by atoms with Gasteiger partial charge in [-0.05, 0) is 12.8 Å². The minimum Gasteiger partial charge on any atom is -0.303 e. The highest BCUT2D eigenvalue weighted by molar-refractivity contribution is 7.91. The molecule has 3 nitrogen and oxygen atoms in total. The van der Waals surface area contributed by atoms with Gasteiger partial charge in [0.05, 0.1) is 5.25 Å². The van der Waals surface area contributed by atoms with Crippen molar-refractivity contribution in [1.29, 1.82) is 0 Å². The minimum atomic E-state index is -2.87. The quantitative estimate of drug-likeness (QED) is 0.537. The van der Waals surface area contributed by atoms with Gasteiger partial charge in [0.2, 0.25) is 0 Å². The van der Waals surface area contributed by atoms with Crippen LogP contribution in [0.15, 0.2) is 0 Å². The number of carbonyl (C=O) groups excluding carboxylic acids is 1. The third-order valence-corrected chi connectivity index (χ3v) is 3.53. The van der Waals surface area contributed by atoms with Crippen LogP contribution in [0.5, 0.6) is 0 Å². The van der Waals surface area contributed by atoms with Crippen molar-refractivity contribution in [2.75, 3.05) is 6.26 Å². The standard InChI is InChI=1S/C6H10O3S/c1-10(8,9)6-2-5(3-6)4-7/h4-6H,2-3H2,1H3. The second-order valence-corrected chi connectivity index (χ2v) is 5.14. The topological polar surface area (TPSA) is 51.2 Å². The minimum absolute atomic E-state index is 0.000255. The van der Waals surface area contributed by atoms with Gasteiger partial charge < -0.3 is 4.79 Å². The highest BCUT2D eigenvalue weighted by Gasteiger charge is 2.35. The van der Waals surface area contributed by atoms with Crippen molar-refractivity contribution in [1.82, 2.24) is 0 Å². The summed E-state index contributed by atoms with van der Waals surface area (Å²) in [6.07, 6.45) is 3.12. The summed E-state index contributed by atoms with van der Waals surface area (Å²) >= 11 is 0. The maximum Gasteiger partial charge on any atom is 0.150 e. The molecule has 4 heteroatoms. The second-order valence-electron chi connectivity index (χ2n) is 2.82. The van der Waals surface area contributed by atoms with Gasteiger partial charge >= 0.3 is 0 Å². The van der Waals surface area contributed by atoms with Crippen molar-refractivity contribution in [3.8, 4) is 0 Å². The number of hydrogen-bond acceptors (Lipinski definition) is 3. The van der Waals surface area contributed by atoms with Crippen LogP contribution in [0.3, 0.4) is 0 Å². The molecule has 0 bridgehead atoms. The maximum absolute atomic E-state index is 10.8. The van der Waals surface area contributed by atoms with Crippen LogP contribution >= 0.6 is 0 Å². The van der Waals surface area contributed by atoms with Gasteiger partial charge in [-0.2, -0.15) is 0 Å². The van der Waals surface area contributed by atoms with Gasteiger partial charge in [0.1, 0.15) is 16.1 Å². The van der Waals surface area contributed by atoms with E-state index in [2.05, 4.69) is 0 Å². The molecule has 0 amide bonds. The molecule has 58 valence electrons. The van der Waals surface area contributed by atoms with Crippen LogP contribution < -0.4 is 0 Å². The lowest BCUT2D eigenvalue weighted by Gasteiger charge is -2.29. The van der Waals surface area contributed by atoms with Crippen LogP contribution in [0.1, 0.15) is 12.8 Å². The van der Waals surface area contributed by atoms with Gasteiger partial charge in [0.25, 0.3) is 0 Å².